The number of hydrogen-bond donors (Lipinski definition) is 7. The molecule has 4 fully saturated rings. The number of aryl methyl sites for hydroxylation is 1. The lowest BCUT2D eigenvalue weighted by Gasteiger charge is -2.57. The van der Waals surface area contributed by atoms with Crippen molar-refractivity contribution in [3.63, 3.8) is 0 Å². The third kappa shape index (κ3) is 8.49. The molecule has 6 aliphatic rings. The molecule has 11 rings (SSSR count). The molecule has 0 aliphatic heterocycles. The lowest BCUT2D eigenvalue weighted by Crippen LogP contribution is -2.53. The van der Waals surface area contributed by atoms with Crippen LogP contribution < -0.4 is 15.2 Å². The zero-order chi connectivity index (χ0) is 46.5. The molecule has 8 N–H and O–H groups in total. The van der Waals surface area contributed by atoms with E-state index >= 15 is 0 Å². The maximum Gasteiger partial charge on any atom is 0.200 e. The predicted molar refractivity (Wildman–Crippen MR) is 255 cm³/mol. The number of ketones is 1. The first kappa shape index (κ1) is 45.1. The number of carbonyl (C=O) groups excluding carboxylic acids is 1. The molecule has 2 bridgehead atoms. The summed E-state index contributed by atoms with van der Waals surface area (Å²) in [5, 5.41) is 68.0. The Balaban J connectivity index is 1.12. The van der Waals surface area contributed by atoms with Gasteiger partial charge in [-0.25, -0.2) is 0 Å². The SMILES string of the molecule is NCOc1cc(CCC(=O)[C@H]2C[C@@H](Cc3ccc(O)cc3)[C@H]3C[C@H]4C[C@H]([C@]5(c6ccccc6)CCCC6(CCCC6)C5)[C@H](c5cc(O)c(O)c(OCc6cccc(O)c6)c54)[C@@H]3[C@H]2O)ccc1O. The average Bonchev–Trinajstić information content (AvgIpc) is 3.62. The molecule has 0 heterocycles. The van der Waals surface area contributed by atoms with Crippen LogP contribution in [0.1, 0.15) is 122 Å². The van der Waals surface area contributed by atoms with Gasteiger partial charge in [0, 0.05) is 17.9 Å². The summed E-state index contributed by atoms with van der Waals surface area (Å²) in [6.07, 6.45) is 11.5. The van der Waals surface area contributed by atoms with Crippen molar-refractivity contribution in [2.24, 2.45) is 40.7 Å². The highest BCUT2D eigenvalue weighted by atomic mass is 16.5. The minimum absolute atomic E-state index is 0.0118. The van der Waals surface area contributed by atoms with Gasteiger partial charge in [0.05, 0.1) is 6.10 Å². The Hall–Kier alpha value is -5.71. The standard InChI is InChI=1S/C57H65NO9/c58-33-67-49-26-35(15-19-47(49)62)14-18-46(61)43-27-37(24-34-12-16-40(59)17-13-34)42-28-38-29-45(57(39-9-2-1-3-10-39)23-7-22-56(32-57)20-4-5-21-56)51(52(42)53(43)64)44-30-48(63)54(65)55(50(38)44)66-31-36-8-6-11-41(60)25-36/h1-3,6,8-13,15-17,19,25-26,30,37-38,42-43,45,51-53,59-60,62-65H,4-5,7,14,18,20-24,27-29,31-33,58H2/t37-,38+,42-,43-,45+,51+,52-,53+,57-/m1/s1. The van der Waals surface area contributed by atoms with Crippen LogP contribution in [0.4, 0.5) is 0 Å². The average molecular weight is 908 g/mol. The van der Waals surface area contributed by atoms with E-state index in [1.165, 1.54) is 37.7 Å². The third-order valence-electron chi connectivity index (χ3n) is 17.3. The van der Waals surface area contributed by atoms with Gasteiger partial charge >= 0.3 is 0 Å². The highest BCUT2D eigenvalue weighted by molar-refractivity contribution is 5.82. The summed E-state index contributed by atoms with van der Waals surface area (Å²) in [6.45, 7) is -0.0397. The van der Waals surface area contributed by atoms with Crippen molar-refractivity contribution in [1.82, 2.24) is 0 Å². The molecule has 0 saturated heterocycles. The highest BCUT2D eigenvalue weighted by Crippen LogP contribution is 2.70. The zero-order valence-electron chi connectivity index (χ0n) is 38.2. The van der Waals surface area contributed by atoms with Crippen molar-refractivity contribution < 1.29 is 44.9 Å². The number of aliphatic hydroxyl groups excluding tert-OH is 1. The molecular formula is C57H65NO9. The van der Waals surface area contributed by atoms with Crippen molar-refractivity contribution in [3.8, 4) is 40.2 Å². The highest BCUT2D eigenvalue weighted by Gasteiger charge is 2.62. The van der Waals surface area contributed by atoms with Gasteiger partial charge in [0.25, 0.3) is 0 Å². The van der Waals surface area contributed by atoms with E-state index in [-0.39, 0.29) is 112 Å². The molecule has 0 unspecified atom stereocenters. The fourth-order valence-corrected chi connectivity index (χ4v) is 14.6. The fraction of sp³-hybridized carbons (Fsp3) is 0.456. The van der Waals surface area contributed by atoms with E-state index in [1.54, 1.807) is 54.6 Å². The summed E-state index contributed by atoms with van der Waals surface area (Å²) < 4.78 is 12.1. The zero-order valence-corrected chi connectivity index (χ0v) is 38.2. The molecule has 0 amide bonds. The van der Waals surface area contributed by atoms with Crippen LogP contribution in [0, 0.1) is 35.0 Å². The van der Waals surface area contributed by atoms with Crippen LogP contribution in [-0.2, 0) is 29.7 Å². The van der Waals surface area contributed by atoms with Crippen LogP contribution >= 0.6 is 0 Å². The van der Waals surface area contributed by atoms with Crippen LogP contribution in [0.25, 0.3) is 0 Å². The maximum atomic E-state index is 14.9. The maximum absolute atomic E-state index is 14.9. The molecule has 0 aromatic heterocycles. The van der Waals surface area contributed by atoms with Gasteiger partial charge in [0.1, 0.15) is 30.6 Å². The number of aliphatic hydroxyl groups is 1. The normalized spacial score (nSPS) is 28.3. The minimum Gasteiger partial charge on any atom is -0.508 e. The van der Waals surface area contributed by atoms with Gasteiger partial charge in [0.2, 0.25) is 5.75 Å². The number of Topliss-reactive ketones (excluding diaryl/α,β-unsaturated/α-hetero) is 1. The number of carbonyl (C=O) groups is 1. The third-order valence-corrected chi connectivity index (χ3v) is 17.3. The van der Waals surface area contributed by atoms with Crippen LogP contribution in [-0.4, -0.2) is 49.3 Å². The number of phenols is 5. The molecule has 6 aliphatic carbocycles. The lowest BCUT2D eigenvalue weighted by molar-refractivity contribution is -0.136. The van der Waals surface area contributed by atoms with E-state index in [0.717, 1.165) is 53.5 Å². The predicted octanol–water partition coefficient (Wildman–Crippen LogP) is 10.4. The number of phenolic OH excluding ortho intramolecular Hbond substituents is 5. The Labute approximate surface area is 393 Å². The van der Waals surface area contributed by atoms with E-state index in [0.29, 0.717) is 25.7 Å². The number of benzene rings is 5. The summed E-state index contributed by atoms with van der Waals surface area (Å²) in [6, 6.07) is 32.0. The second-order valence-corrected chi connectivity index (χ2v) is 20.9. The van der Waals surface area contributed by atoms with Gasteiger partial charge in [-0.2, -0.15) is 0 Å². The number of hydrogen-bond acceptors (Lipinski definition) is 10. The molecular weight excluding hydrogens is 843 g/mol. The van der Waals surface area contributed by atoms with Gasteiger partial charge < -0.3 is 40.1 Å². The molecule has 10 nitrogen and oxygen atoms in total. The largest absolute Gasteiger partial charge is 0.508 e. The lowest BCUT2D eigenvalue weighted by atomic mass is 9.47. The van der Waals surface area contributed by atoms with Crippen molar-refractivity contribution in [2.75, 3.05) is 6.73 Å². The molecule has 352 valence electrons. The molecule has 5 aromatic carbocycles. The van der Waals surface area contributed by atoms with Gasteiger partial charge in [-0.1, -0.05) is 79.9 Å². The van der Waals surface area contributed by atoms with Crippen molar-refractivity contribution in [3.05, 3.63) is 137 Å². The number of fused-ring (bicyclic) bond motifs is 1. The molecule has 1 spiro atoms. The Bertz CT molecular complexity index is 2570. The number of nitrogens with two attached hydrogens (primary N) is 1. The second-order valence-electron chi connectivity index (χ2n) is 20.9. The summed E-state index contributed by atoms with van der Waals surface area (Å²) in [5.41, 5.74) is 11.3. The quantitative estimate of drug-likeness (QED) is 0.0443. The topological polar surface area (TPSA) is 183 Å². The van der Waals surface area contributed by atoms with Gasteiger partial charge in [-0.05, 0) is 181 Å². The summed E-state index contributed by atoms with van der Waals surface area (Å²) in [4.78, 5) is 14.9. The summed E-state index contributed by atoms with van der Waals surface area (Å²) in [5.74, 6) is -1.27. The number of rotatable bonds is 13. The van der Waals surface area contributed by atoms with Crippen LogP contribution in [0.2, 0.25) is 0 Å². The van der Waals surface area contributed by atoms with Crippen LogP contribution in [0.5, 0.6) is 40.2 Å². The Morgan fingerprint density at radius 2 is 1.48 bits per heavy atom. The van der Waals surface area contributed by atoms with E-state index in [4.69, 9.17) is 15.2 Å². The molecule has 0 radical (unpaired) electrons. The minimum atomic E-state index is -0.994. The van der Waals surface area contributed by atoms with E-state index in [9.17, 15) is 35.4 Å². The fourth-order valence-electron chi connectivity index (χ4n) is 14.6. The second kappa shape index (κ2) is 18.4. The molecule has 9 atom stereocenters. The van der Waals surface area contributed by atoms with E-state index in [2.05, 4.69) is 30.3 Å². The van der Waals surface area contributed by atoms with Crippen LogP contribution in [0.3, 0.4) is 0 Å². The van der Waals surface area contributed by atoms with Gasteiger partial charge in [-0.15, -0.1) is 0 Å². The Kier molecular flexibility index (Phi) is 12.4. The first-order chi connectivity index (χ1) is 32.5. The Morgan fingerprint density at radius 3 is 2.24 bits per heavy atom. The molecule has 5 aromatic rings. The van der Waals surface area contributed by atoms with Crippen molar-refractivity contribution >= 4 is 5.78 Å². The number of aromatic hydroxyl groups is 5. The van der Waals surface area contributed by atoms with Crippen LogP contribution in [0.15, 0.2) is 103 Å². The Morgan fingerprint density at radius 1 is 0.716 bits per heavy atom. The summed E-state index contributed by atoms with van der Waals surface area (Å²) >= 11 is 0. The van der Waals surface area contributed by atoms with Gasteiger partial charge in [0.15, 0.2) is 23.0 Å². The first-order valence-electron chi connectivity index (χ1n) is 24.6. The van der Waals surface area contributed by atoms with Crippen molar-refractivity contribution in [1.29, 1.82) is 0 Å². The molecule has 67 heavy (non-hydrogen) atoms. The van der Waals surface area contributed by atoms with E-state index in [1.807, 2.05) is 18.2 Å². The monoisotopic (exact) mass is 907 g/mol. The smallest absolute Gasteiger partial charge is 0.200 e. The summed E-state index contributed by atoms with van der Waals surface area (Å²) in [7, 11) is 0. The number of ether oxygens (including phenoxy) is 2. The first-order valence-corrected chi connectivity index (χ1v) is 24.6. The molecule has 4 saturated carbocycles. The van der Waals surface area contributed by atoms with Gasteiger partial charge in [-0.3, -0.25) is 10.5 Å². The molecule has 10 heteroatoms. The van der Waals surface area contributed by atoms with Crippen molar-refractivity contribution in [2.45, 2.75) is 120 Å². The van der Waals surface area contributed by atoms with E-state index < -0.39 is 12.0 Å².